The second-order valence-corrected chi connectivity index (χ2v) is 5.51. The van der Waals surface area contributed by atoms with Crippen molar-refractivity contribution >= 4 is 17.7 Å². The molecule has 2 rings (SSSR count). The zero-order valence-corrected chi connectivity index (χ0v) is 14.5. The highest BCUT2D eigenvalue weighted by Crippen LogP contribution is 2.13. The highest BCUT2D eigenvalue weighted by atomic mass is 16.5. The third-order valence-corrected chi connectivity index (χ3v) is 3.42. The van der Waals surface area contributed by atoms with Crippen LogP contribution < -0.4 is 4.74 Å². The van der Waals surface area contributed by atoms with E-state index >= 15 is 0 Å². The molecule has 6 nitrogen and oxygen atoms in total. The molecule has 0 atom stereocenters. The Morgan fingerprint density at radius 3 is 2.38 bits per heavy atom. The SMILES string of the molecule is CCCN(CCC)C1=NC(C)=NCC(Oc2ccc(C#N)cc2)=N1. The highest BCUT2D eigenvalue weighted by Gasteiger charge is 2.15. The van der Waals surface area contributed by atoms with Gasteiger partial charge in [0.25, 0.3) is 0 Å². The van der Waals surface area contributed by atoms with Crippen molar-refractivity contribution in [3.8, 4) is 11.8 Å². The molecule has 0 unspecified atom stereocenters. The van der Waals surface area contributed by atoms with E-state index in [-0.39, 0.29) is 0 Å². The first kappa shape index (κ1) is 17.7. The van der Waals surface area contributed by atoms with Gasteiger partial charge in [0.1, 0.15) is 18.1 Å². The van der Waals surface area contributed by atoms with Crippen LogP contribution in [-0.2, 0) is 0 Å². The van der Waals surface area contributed by atoms with Gasteiger partial charge in [-0.2, -0.15) is 15.2 Å². The number of hydrogen-bond acceptors (Lipinski definition) is 6. The largest absolute Gasteiger partial charge is 0.441 e. The van der Waals surface area contributed by atoms with Crippen LogP contribution in [-0.4, -0.2) is 42.2 Å². The van der Waals surface area contributed by atoms with E-state index in [9.17, 15) is 0 Å². The Balaban J connectivity index is 2.22. The average molecular weight is 325 g/mol. The molecule has 24 heavy (non-hydrogen) atoms. The number of aliphatic imine (C=N–C) groups is 3. The molecule has 0 saturated heterocycles. The van der Waals surface area contributed by atoms with Crippen LogP contribution in [0.2, 0.25) is 0 Å². The number of rotatable bonds is 5. The first-order valence-corrected chi connectivity index (χ1v) is 8.26. The van der Waals surface area contributed by atoms with Gasteiger partial charge in [-0.15, -0.1) is 0 Å². The molecule has 0 N–H and O–H groups in total. The van der Waals surface area contributed by atoms with Gasteiger partial charge >= 0.3 is 0 Å². The summed E-state index contributed by atoms with van der Waals surface area (Å²) in [6, 6.07) is 9.05. The van der Waals surface area contributed by atoms with Gasteiger partial charge in [0.15, 0.2) is 0 Å². The fourth-order valence-corrected chi connectivity index (χ4v) is 2.32. The summed E-state index contributed by atoms with van der Waals surface area (Å²) < 4.78 is 5.85. The standard InChI is InChI=1S/C18H23N5O/c1-4-10-23(11-5-2)18-21-14(3)20-13-17(22-18)24-16-8-6-15(12-19)7-9-16/h6-9H,4-5,10-11,13H2,1-3H3. The van der Waals surface area contributed by atoms with Crippen LogP contribution in [0.1, 0.15) is 39.2 Å². The molecule has 0 aromatic heterocycles. The molecule has 1 heterocycles. The van der Waals surface area contributed by atoms with Gasteiger partial charge in [0.05, 0.1) is 11.6 Å². The van der Waals surface area contributed by atoms with Crippen LogP contribution >= 0.6 is 0 Å². The topological polar surface area (TPSA) is 73.3 Å². The molecule has 0 radical (unpaired) electrons. The maximum atomic E-state index is 8.86. The lowest BCUT2D eigenvalue weighted by Crippen LogP contribution is -2.32. The third kappa shape index (κ3) is 4.92. The van der Waals surface area contributed by atoms with Crippen molar-refractivity contribution in [3.63, 3.8) is 0 Å². The second kappa shape index (κ2) is 8.82. The Bertz CT molecular complexity index is 676. The smallest absolute Gasteiger partial charge is 0.230 e. The lowest BCUT2D eigenvalue weighted by molar-refractivity contribution is 0.412. The molecule has 0 fully saturated rings. The van der Waals surface area contributed by atoms with E-state index in [1.807, 2.05) is 6.92 Å². The minimum atomic E-state index is 0.352. The normalized spacial score (nSPS) is 14.0. The van der Waals surface area contributed by atoms with Crippen LogP contribution in [0.4, 0.5) is 0 Å². The minimum Gasteiger partial charge on any atom is -0.441 e. The fourth-order valence-electron chi connectivity index (χ4n) is 2.32. The summed E-state index contributed by atoms with van der Waals surface area (Å²) in [7, 11) is 0. The summed E-state index contributed by atoms with van der Waals surface area (Å²) >= 11 is 0. The summed E-state index contributed by atoms with van der Waals surface area (Å²) in [5.74, 6) is 2.50. The van der Waals surface area contributed by atoms with Crippen molar-refractivity contribution in [1.82, 2.24) is 4.90 Å². The Morgan fingerprint density at radius 1 is 1.12 bits per heavy atom. The van der Waals surface area contributed by atoms with E-state index in [0.29, 0.717) is 35.6 Å². The average Bonchev–Trinajstić information content (AvgIpc) is 2.77. The molecule has 0 bridgehead atoms. The monoisotopic (exact) mass is 325 g/mol. The Kier molecular flexibility index (Phi) is 6.50. The van der Waals surface area contributed by atoms with E-state index in [1.54, 1.807) is 24.3 Å². The first-order valence-electron chi connectivity index (χ1n) is 8.26. The van der Waals surface area contributed by atoms with Crippen LogP contribution in [0, 0.1) is 11.3 Å². The van der Waals surface area contributed by atoms with Gasteiger partial charge in [-0.3, -0.25) is 4.99 Å². The van der Waals surface area contributed by atoms with Crippen LogP contribution in [0.5, 0.6) is 5.75 Å². The quantitative estimate of drug-likeness (QED) is 0.834. The maximum Gasteiger partial charge on any atom is 0.230 e. The Morgan fingerprint density at radius 2 is 1.79 bits per heavy atom. The lowest BCUT2D eigenvalue weighted by Gasteiger charge is -2.22. The molecule has 0 spiro atoms. The zero-order valence-electron chi connectivity index (χ0n) is 14.5. The molecule has 0 amide bonds. The fraction of sp³-hybridized carbons (Fsp3) is 0.444. The Hall–Kier alpha value is -2.68. The van der Waals surface area contributed by atoms with Crippen molar-refractivity contribution in [2.45, 2.75) is 33.6 Å². The number of nitrogens with zero attached hydrogens (tertiary/aromatic N) is 5. The van der Waals surface area contributed by atoms with Gasteiger partial charge < -0.3 is 9.64 Å². The number of amidine groups is 1. The van der Waals surface area contributed by atoms with Gasteiger partial charge in [0, 0.05) is 13.1 Å². The van der Waals surface area contributed by atoms with E-state index in [1.165, 1.54) is 0 Å². The van der Waals surface area contributed by atoms with Crippen molar-refractivity contribution < 1.29 is 4.74 Å². The van der Waals surface area contributed by atoms with Gasteiger partial charge in [-0.1, -0.05) is 13.8 Å². The summed E-state index contributed by atoms with van der Waals surface area (Å²) in [5, 5.41) is 8.86. The molecule has 0 aliphatic carbocycles. The van der Waals surface area contributed by atoms with E-state index in [4.69, 9.17) is 10.00 Å². The summed E-state index contributed by atoms with van der Waals surface area (Å²) in [6.07, 6.45) is 2.05. The predicted molar refractivity (Wildman–Crippen MR) is 96.8 cm³/mol. The van der Waals surface area contributed by atoms with E-state index < -0.39 is 0 Å². The van der Waals surface area contributed by atoms with Gasteiger partial charge in [-0.25, -0.2) is 0 Å². The molecule has 126 valence electrons. The van der Waals surface area contributed by atoms with E-state index in [2.05, 4.69) is 39.8 Å². The Labute approximate surface area is 143 Å². The predicted octanol–water partition coefficient (Wildman–Crippen LogP) is 3.25. The number of benzene rings is 1. The van der Waals surface area contributed by atoms with Gasteiger partial charge in [-0.05, 0) is 44.0 Å². The molecule has 1 aliphatic heterocycles. The molecular formula is C18H23N5O. The number of hydrogen-bond donors (Lipinski definition) is 0. The molecular weight excluding hydrogens is 302 g/mol. The van der Waals surface area contributed by atoms with Crippen molar-refractivity contribution in [1.29, 1.82) is 5.26 Å². The number of nitriles is 1. The number of guanidine groups is 1. The summed E-state index contributed by atoms with van der Waals surface area (Å²) in [4.78, 5) is 15.6. The highest BCUT2D eigenvalue weighted by molar-refractivity contribution is 6.03. The van der Waals surface area contributed by atoms with Crippen LogP contribution in [0.15, 0.2) is 39.2 Å². The maximum absolute atomic E-state index is 8.86. The summed E-state index contributed by atoms with van der Waals surface area (Å²) in [5.41, 5.74) is 0.596. The zero-order chi connectivity index (χ0) is 17.4. The molecule has 1 aromatic rings. The number of ether oxygens (including phenoxy) is 1. The molecule has 1 aliphatic rings. The molecule has 6 heteroatoms. The second-order valence-electron chi connectivity index (χ2n) is 5.51. The summed E-state index contributed by atoms with van der Waals surface area (Å²) in [6.45, 7) is 8.29. The minimum absolute atomic E-state index is 0.352. The van der Waals surface area contributed by atoms with E-state index in [0.717, 1.165) is 25.9 Å². The van der Waals surface area contributed by atoms with Crippen molar-refractivity contribution in [2.24, 2.45) is 15.0 Å². The van der Waals surface area contributed by atoms with Gasteiger partial charge in [0.2, 0.25) is 11.9 Å². The molecule has 0 saturated carbocycles. The van der Waals surface area contributed by atoms with Crippen molar-refractivity contribution in [2.75, 3.05) is 19.6 Å². The van der Waals surface area contributed by atoms with Crippen LogP contribution in [0.25, 0.3) is 0 Å². The first-order chi connectivity index (χ1) is 11.7. The molecule has 1 aromatic carbocycles. The van der Waals surface area contributed by atoms with Crippen LogP contribution in [0.3, 0.4) is 0 Å². The lowest BCUT2D eigenvalue weighted by atomic mass is 10.2. The van der Waals surface area contributed by atoms with Crippen molar-refractivity contribution in [3.05, 3.63) is 29.8 Å². The third-order valence-electron chi connectivity index (χ3n) is 3.42.